The lowest BCUT2D eigenvalue weighted by atomic mass is 10.3. The van der Waals surface area contributed by atoms with Gasteiger partial charge in [-0.25, -0.2) is 4.39 Å². The Hall–Kier alpha value is -1.59. The number of aliphatic hydroxyl groups excluding tert-OH is 1. The van der Waals surface area contributed by atoms with Crippen LogP contribution in [-0.2, 0) is 13.1 Å². The molecule has 4 nitrogen and oxygen atoms in total. The fourth-order valence-corrected chi connectivity index (χ4v) is 1.71. The predicted octanol–water partition coefficient (Wildman–Crippen LogP) is 2.28. The normalized spacial score (nSPS) is 10.6. The van der Waals surface area contributed by atoms with Gasteiger partial charge in [0.15, 0.2) is 0 Å². The van der Waals surface area contributed by atoms with E-state index >= 15 is 0 Å². The van der Waals surface area contributed by atoms with E-state index in [1.54, 1.807) is 29.2 Å². The first kappa shape index (κ1) is 12.9. The first-order valence-electron chi connectivity index (χ1n) is 5.50. The molecule has 96 valence electrons. The number of benzene rings is 1. The van der Waals surface area contributed by atoms with E-state index in [9.17, 15) is 4.39 Å². The average molecular weight is 270 g/mol. The quantitative estimate of drug-likeness (QED) is 0.876. The minimum absolute atomic E-state index is 0.0420. The highest BCUT2D eigenvalue weighted by atomic mass is 35.5. The van der Waals surface area contributed by atoms with Crippen LogP contribution in [0.4, 0.5) is 10.1 Å². The molecular formula is C12H13ClFN3O. The Morgan fingerprint density at radius 2 is 2.28 bits per heavy atom. The Kier molecular flexibility index (Phi) is 4.17. The van der Waals surface area contributed by atoms with Crippen LogP contribution in [0.15, 0.2) is 30.6 Å². The maximum atomic E-state index is 13.5. The van der Waals surface area contributed by atoms with Crippen molar-refractivity contribution in [2.45, 2.75) is 13.1 Å². The van der Waals surface area contributed by atoms with Gasteiger partial charge in [0, 0.05) is 23.3 Å². The van der Waals surface area contributed by atoms with Gasteiger partial charge in [-0.1, -0.05) is 11.6 Å². The van der Waals surface area contributed by atoms with E-state index in [1.165, 1.54) is 6.07 Å². The number of rotatable bonds is 5. The fraction of sp³-hybridized carbons (Fsp3) is 0.250. The molecule has 0 amide bonds. The lowest BCUT2D eigenvalue weighted by Gasteiger charge is -2.06. The zero-order chi connectivity index (χ0) is 13.0. The number of halogens is 2. The minimum Gasteiger partial charge on any atom is -0.394 e. The number of nitrogens with one attached hydrogen (secondary N) is 1. The summed E-state index contributed by atoms with van der Waals surface area (Å²) in [5.74, 6) is -0.384. The molecule has 1 aromatic carbocycles. The highest BCUT2D eigenvalue weighted by Gasteiger charge is 2.03. The molecule has 0 spiro atoms. The third-order valence-corrected chi connectivity index (χ3v) is 2.67. The Labute approximate surface area is 109 Å². The van der Waals surface area contributed by atoms with Crippen molar-refractivity contribution < 1.29 is 9.50 Å². The van der Waals surface area contributed by atoms with E-state index in [-0.39, 0.29) is 12.4 Å². The van der Waals surface area contributed by atoms with Crippen LogP contribution in [0.1, 0.15) is 5.56 Å². The lowest BCUT2D eigenvalue weighted by Crippen LogP contribution is -2.02. The van der Waals surface area contributed by atoms with Gasteiger partial charge in [-0.15, -0.1) is 0 Å². The highest BCUT2D eigenvalue weighted by Crippen LogP contribution is 2.19. The SMILES string of the molecule is OCCn1cc(CNc2ccc(Cl)cc2F)cn1. The zero-order valence-corrected chi connectivity index (χ0v) is 10.4. The summed E-state index contributed by atoms with van der Waals surface area (Å²) in [5, 5.41) is 16.1. The van der Waals surface area contributed by atoms with Gasteiger partial charge in [0.25, 0.3) is 0 Å². The van der Waals surface area contributed by atoms with Gasteiger partial charge in [-0.3, -0.25) is 4.68 Å². The van der Waals surface area contributed by atoms with E-state index in [4.69, 9.17) is 16.7 Å². The summed E-state index contributed by atoms with van der Waals surface area (Å²) in [6.07, 6.45) is 3.48. The minimum atomic E-state index is -0.384. The second-order valence-electron chi connectivity index (χ2n) is 3.81. The molecule has 0 aliphatic heterocycles. The van der Waals surface area contributed by atoms with Gasteiger partial charge in [0.2, 0.25) is 0 Å². The van der Waals surface area contributed by atoms with Crippen molar-refractivity contribution in [2.75, 3.05) is 11.9 Å². The maximum absolute atomic E-state index is 13.5. The van der Waals surface area contributed by atoms with Crippen molar-refractivity contribution in [1.29, 1.82) is 0 Å². The highest BCUT2D eigenvalue weighted by molar-refractivity contribution is 6.30. The van der Waals surface area contributed by atoms with E-state index in [0.29, 0.717) is 23.8 Å². The van der Waals surface area contributed by atoms with Crippen LogP contribution in [0.25, 0.3) is 0 Å². The molecular weight excluding hydrogens is 257 g/mol. The van der Waals surface area contributed by atoms with E-state index in [1.807, 2.05) is 0 Å². The summed E-state index contributed by atoms with van der Waals surface area (Å²) in [6.45, 7) is 0.958. The van der Waals surface area contributed by atoms with E-state index < -0.39 is 0 Å². The molecule has 0 aliphatic rings. The molecule has 0 fully saturated rings. The van der Waals surface area contributed by atoms with Crippen molar-refractivity contribution in [3.8, 4) is 0 Å². The summed E-state index contributed by atoms with van der Waals surface area (Å²) in [6, 6.07) is 4.48. The third kappa shape index (κ3) is 3.21. The van der Waals surface area contributed by atoms with Gasteiger partial charge in [0.1, 0.15) is 5.82 Å². The Morgan fingerprint density at radius 3 is 3.00 bits per heavy atom. The van der Waals surface area contributed by atoms with Crippen LogP contribution in [0.3, 0.4) is 0 Å². The van der Waals surface area contributed by atoms with Crippen LogP contribution in [0, 0.1) is 5.82 Å². The summed E-state index contributed by atoms with van der Waals surface area (Å²) in [5.41, 5.74) is 1.31. The standard InChI is InChI=1S/C12H13ClFN3O/c13-10-1-2-12(11(14)5-10)15-6-9-7-16-17(8-9)3-4-18/h1-2,5,7-8,15,18H,3-4,6H2. The molecule has 0 unspecified atom stereocenters. The first-order chi connectivity index (χ1) is 8.69. The Balaban J connectivity index is 1.97. The lowest BCUT2D eigenvalue weighted by molar-refractivity contribution is 0.269. The van der Waals surface area contributed by atoms with Gasteiger partial charge in [-0.2, -0.15) is 5.10 Å². The number of hydrogen-bond donors (Lipinski definition) is 2. The van der Waals surface area contributed by atoms with Crippen LogP contribution < -0.4 is 5.32 Å². The number of aliphatic hydroxyl groups is 1. The smallest absolute Gasteiger partial charge is 0.147 e. The molecule has 1 aromatic heterocycles. The first-order valence-corrected chi connectivity index (χ1v) is 5.88. The Morgan fingerprint density at radius 1 is 1.44 bits per heavy atom. The number of aromatic nitrogens is 2. The van der Waals surface area contributed by atoms with E-state index in [2.05, 4.69) is 10.4 Å². The number of nitrogens with zero attached hydrogens (tertiary/aromatic N) is 2. The molecule has 0 atom stereocenters. The molecule has 18 heavy (non-hydrogen) atoms. The fourth-order valence-electron chi connectivity index (χ4n) is 1.55. The van der Waals surface area contributed by atoms with E-state index in [0.717, 1.165) is 5.56 Å². The van der Waals surface area contributed by atoms with Crippen LogP contribution in [0.2, 0.25) is 5.02 Å². The third-order valence-electron chi connectivity index (χ3n) is 2.43. The number of hydrogen-bond acceptors (Lipinski definition) is 3. The molecule has 2 aromatic rings. The maximum Gasteiger partial charge on any atom is 0.147 e. The Bertz CT molecular complexity index is 530. The molecule has 0 aliphatic carbocycles. The van der Waals surface area contributed by atoms with Gasteiger partial charge >= 0.3 is 0 Å². The average Bonchev–Trinajstić information content (AvgIpc) is 2.76. The van der Waals surface area contributed by atoms with Crippen LogP contribution >= 0.6 is 11.6 Å². The zero-order valence-electron chi connectivity index (χ0n) is 9.61. The molecule has 2 rings (SSSR count). The van der Waals surface area contributed by atoms with Crippen molar-refractivity contribution >= 4 is 17.3 Å². The molecule has 2 N–H and O–H groups in total. The monoisotopic (exact) mass is 269 g/mol. The number of anilines is 1. The summed E-state index contributed by atoms with van der Waals surface area (Å²) < 4.78 is 15.1. The topological polar surface area (TPSA) is 50.1 Å². The van der Waals surface area contributed by atoms with Gasteiger partial charge < -0.3 is 10.4 Å². The van der Waals surface area contributed by atoms with Crippen molar-refractivity contribution in [3.05, 3.63) is 47.0 Å². The summed E-state index contributed by atoms with van der Waals surface area (Å²) in [4.78, 5) is 0. The van der Waals surface area contributed by atoms with Crippen molar-refractivity contribution in [2.24, 2.45) is 0 Å². The molecule has 1 heterocycles. The van der Waals surface area contributed by atoms with Crippen LogP contribution in [0.5, 0.6) is 0 Å². The van der Waals surface area contributed by atoms with Crippen LogP contribution in [-0.4, -0.2) is 21.5 Å². The van der Waals surface area contributed by atoms with Gasteiger partial charge in [-0.05, 0) is 18.2 Å². The predicted molar refractivity (Wildman–Crippen MR) is 68.0 cm³/mol. The van der Waals surface area contributed by atoms with Crippen molar-refractivity contribution in [3.63, 3.8) is 0 Å². The van der Waals surface area contributed by atoms with Crippen molar-refractivity contribution in [1.82, 2.24) is 9.78 Å². The molecule has 0 saturated carbocycles. The van der Waals surface area contributed by atoms with Gasteiger partial charge in [0.05, 0.1) is 25.0 Å². The summed E-state index contributed by atoms with van der Waals surface area (Å²) >= 11 is 5.67. The summed E-state index contributed by atoms with van der Waals surface area (Å²) in [7, 11) is 0. The largest absolute Gasteiger partial charge is 0.394 e. The second-order valence-corrected chi connectivity index (χ2v) is 4.25. The molecule has 0 radical (unpaired) electrons. The second kappa shape index (κ2) is 5.84. The molecule has 6 heteroatoms. The molecule has 0 saturated heterocycles. The molecule has 0 bridgehead atoms.